The molecule has 0 spiro atoms. The molecule has 1 atom stereocenters. The van der Waals surface area contributed by atoms with Crippen molar-refractivity contribution in [3.05, 3.63) is 47.5 Å². The highest BCUT2D eigenvalue weighted by Gasteiger charge is 2.18. The van der Waals surface area contributed by atoms with Crippen LogP contribution >= 0.6 is 0 Å². The number of nitrogens with zero attached hydrogens (tertiary/aromatic N) is 2. The standard InChI is InChI=1S/C19H20N4O3/c1-12-4-6-16(18(9-12)26-11-14-3-2-8-25-14)20-19(24)13-5-7-15-17(10-13)22-23-21-15/h4-7,9-10,14H,2-3,8,11H2,1H3,(H,20,24)(H,21,22,23). The van der Waals surface area contributed by atoms with Crippen molar-refractivity contribution in [2.75, 3.05) is 18.5 Å². The van der Waals surface area contributed by atoms with E-state index in [4.69, 9.17) is 9.47 Å². The summed E-state index contributed by atoms with van der Waals surface area (Å²) >= 11 is 0. The molecule has 1 amide bonds. The number of aryl methyl sites for hydroxylation is 1. The van der Waals surface area contributed by atoms with Gasteiger partial charge in [0.05, 0.1) is 11.8 Å². The first-order valence-electron chi connectivity index (χ1n) is 8.66. The zero-order valence-corrected chi connectivity index (χ0v) is 14.5. The third kappa shape index (κ3) is 3.52. The fourth-order valence-electron chi connectivity index (χ4n) is 2.99. The Morgan fingerprint density at radius 2 is 2.15 bits per heavy atom. The molecule has 0 aliphatic carbocycles. The molecule has 2 aromatic carbocycles. The van der Waals surface area contributed by atoms with E-state index in [2.05, 4.69) is 20.7 Å². The molecule has 0 saturated carbocycles. The first-order valence-corrected chi connectivity index (χ1v) is 8.66. The van der Waals surface area contributed by atoms with Gasteiger partial charge in [-0.3, -0.25) is 4.79 Å². The van der Waals surface area contributed by atoms with E-state index in [0.29, 0.717) is 29.1 Å². The van der Waals surface area contributed by atoms with Gasteiger partial charge in [0.1, 0.15) is 23.4 Å². The van der Waals surface area contributed by atoms with Crippen LogP contribution in [0.4, 0.5) is 5.69 Å². The van der Waals surface area contributed by atoms with E-state index in [0.717, 1.165) is 30.5 Å². The lowest BCUT2D eigenvalue weighted by molar-refractivity contribution is 0.0681. The van der Waals surface area contributed by atoms with Crippen molar-refractivity contribution in [2.45, 2.75) is 25.9 Å². The number of carbonyl (C=O) groups excluding carboxylic acids is 1. The first kappa shape index (κ1) is 16.5. The number of carbonyl (C=O) groups is 1. The minimum atomic E-state index is -0.222. The van der Waals surface area contributed by atoms with Crippen molar-refractivity contribution in [1.29, 1.82) is 0 Å². The van der Waals surface area contributed by atoms with Crippen molar-refractivity contribution in [3.63, 3.8) is 0 Å². The maximum Gasteiger partial charge on any atom is 0.255 e. The molecule has 134 valence electrons. The molecule has 1 aliphatic heterocycles. The van der Waals surface area contributed by atoms with Gasteiger partial charge in [0.15, 0.2) is 0 Å². The minimum absolute atomic E-state index is 0.119. The predicted molar refractivity (Wildman–Crippen MR) is 97.5 cm³/mol. The highest BCUT2D eigenvalue weighted by atomic mass is 16.5. The molecule has 1 saturated heterocycles. The maximum absolute atomic E-state index is 12.6. The summed E-state index contributed by atoms with van der Waals surface area (Å²) in [6.45, 7) is 3.26. The average molecular weight is 352 g/mol. The van der Waals surface area contributed by atoms with Gasteiger partial charge in [0, 0.05) is 12.2 Å². The zero-order chi connectivity index (χ0) is 17.9. The van der Waals surface area contributed by atoms with Crippen LogP contribution in [0.2, 0.25) is 0 Å². The molecule has 2 heterocycles. The summed E-state index contributed by atoms with van der Waals surface area (Å²) in [5.41, 5.74) is 3.58. The quantitative estimate of drug-likeness (QED) is 0.737. The average Bonchev–Trinajstić information content (AvgIpc) is 3.32. The van der Waals surface area contributed by atoms with Gasteiger partial charge in [0.2, 0.25) is 0 Å². The lowest BCUT2D eigenvalue weighted by Gasteiger charge is -2.16. The second-order valence-electron chi connectivity index (χ2n) is 6.43. The number of benzene rings is 2. The minimum Gasteiger partial charge on any atom is -0.489 e. The number of hydrogen-bond donors (Lipinski definition) is 2. The molecule has 7 heteroatoms. The summed E-state index contributed by atoms with van der Waals surface area (Å²) < 4.78 is 11.5. The molecule has 2 N–H and O–H groups in total. The number of ether oxygens (including phenoxy) is 2. The van der Waals surface area contributed by atoms with E-state index < -0.39 is 0 Å². The molecular formula is C19H20N4O3. The summed E-state index contributed by atoms with van der Waals surface area (Å²) in [5, 5.41) is 13.5. The molecule has 3 aromatic rings. The Labute approximate surface area is 150 Å². The summed E-state index contributed by atoms with van der Waals surface area (Å²) in [7, 11) is 0. The SMILES string of the molecule is Cc1ccc(NC(=O)c2ccc3n[nH]nc3c2)c(OCC2CCCO2)c1. The number of aromatic nitrogens is 3. The Morgan fingerprint density at radius 1 is 1.27 bits per heavy atom. The number of aromatic amines is 1. The van der Waals surface area contributed by atoms with Crippen LogP contribution in [0, 0.1) is 6.92 Å². The molecule has 26 heavy (non-hydrogen) atoms. The van der Waals surface area contributed by atoms with Crippen molar-refractivity contribution in [2.24, 2.45) is 0 Å². The van der Waals surface area contributed by atoms with Crippen LogP contribution in [0.25, 0.3) is 11.0 Å². The van der Waals surface area contributed by atoms with Gasteiger partial charge in [-0.25, -0.2) is 0 Å². The van der Waals surface area contributed by atoms with Gasteiger partial charge in [-0.15, -0.1) is 0 Å². The monoisotopic (exact) mass is 352 g/mol. The number of H-pyrrole nitrogens is 1. The number of rotatable bonds is 5. The van der Waals surface area contributed by atoms with E-state index in [-0.39, 0.29) is 12.0 Å². The van der Waals surface area contributed by atoms with Crippen LogP contribution < -0.4 is 10.1 Å². The Balaban J connectivity index is 1.51. The van der Waals surface area contributed by atoms with Crippen LogP contribution in [-0.2, 0) is 4.74 Å². The number of anilines is 1. The highest BCUT2D eigenvalue weighted by Crippen LogP contribution is 2.27. The van der Waals surface area contributed by atoms with Gasteiger partial charge < -0.3 is 14.8 Å². The first-order chi connectivity index (χ1) is 12.7. The van der Waals surface area contributed by atoms with Crippen molar-refractivity contribution in [1.82, 2.24) is 15.4 Å². The lowest BCUT2D eigenvalue weighted by atomic mass is 10.1. The number of amides is 1. The van der Waals surface area contributed by atoms with Crippen molar-refractivity contribution in [3.8, 4) is 5.75 Å². The van der Waals surface area contributed by atoms with E-state index in [1.165, 1.54) is 0 Å². The molecule has 1 unspecified atom stereocenters. The molecule has 1 aromatic heterocycles. The maximum atomic E-state index is 12.6. The van der Waals surface area contributed by atoms with Crippen molar-refractivity contribution < 1.29 is 14.3 Å². The molecular weight excluding hydrogens is 332 g/mol. The second-order valence-corrected chi connectivity index (χ2v) is 6.43. The topological polar surface area (TPSA) is 89.1 Å². The summed E-state index contributed by atoms with van der Waals surface area (Å²) in [5.74, 6) is 0.428. The fourth-order valence-corrected chi connectivity index (χ4v) is 2.99. The normalized spacial score (nSPS) is 16.7. The molecule has 0 radical (unpaired) electrons. The molecule has 7 nitrogen and oxygen atoms in total. The fraction of sp³-hybridized carbons (Fsp3) is 0.316. The smallest absolute Gasteiger partial charge is 0.255 e. The summed E-state index contributed by atoms with van der Waals surface area (Å²) in [6, 6.07) is 10.9. The van der Waals surface area contributed by atoms with Gasteiger partial charge in [-0.2, -0.15) is 15.4 Å². The van der Waals surface area contributed by atoms with Gasteiger partial charge in [-0.1, -0.05) is 6.07 Å². The summed E-state index contributed by atoms with van der Waals surface area (Å²) in [4.78, 5) is 12.6. The van der Waals surface area contributed by atoms with E-state index in [1.807, 2.05) is 25.1 Å². The third-order valence-electron chi connectivity index (χ3n) is 4.41. The zero-order valence-electron chi connectivity index (χ0n) is 14.5. The Hall–Kier alpha value is -2.93. The number of fused-ring (bicyclic) bond motifs is 1. The van der Waals surface area contributed by atoms with Gasteiger partial charge in [0.25, 0.3) is 5.91 Å². The van der Waals surface area contributed by atoms with Gasteiger partial charge in [-0.05, 0) is 55.7 Å². The Morgan fingerprint density at radius 3 is 3.00 bits per heavy atom. The number of hydrogen-bond acceptors (Lipinski definition) is 5. The van der Waals surface area contributed by atoms with Crippen LogP contribution in [-0.4, -0.2) is 40.6 Å². The van der Waals surface area contributed by atoms with E-state index in [9.17, 15) is 4.79 Å². The Kier molecular flexibility index (Phi) is 4.53. The van der Waals surface area contributed by atoms with E-state index >= 15 is 0 Å². The second kappa shape index (κ2) is 7.13. The van der Waals surface area contributed by atoms with E-state index in [1.54, 1.807) is 18.2 Å². The van der Waals surface area contributed by atoms with Crippen LogP contribution in [0.3, 0.4) is 0 Å². The van der Waals surface area contributed by atoms with Crippen LogP contribution in [0.1, 0.15) is 28.8 Å². The van der Waals surface area contributed by atoms with Crippen LogP contribution in [0.5, 0.6) is 5.75 Å². The third-order valence-corrected chi connectivity index (χ3v) is 4.41. The summed E-state index contributed by atoms with van der Waals surface area (Å²) in [6.07, 6.45) is 2.19. The lowest BCUT2D eigenvalue weighted by Crippen LogP contribution is -2.18. The molecule has 1 fully saturated rings. The molecule has 1 aliphatic rings. The van der Waals surface area contributed by atoms with Crippen molar-refractivity contribution >= 4 is 22.6 Å². The Bertz CT molecular complexity index is 931. The van der Waals surface area contributed by atoms with Gasteiger partial charge >= 0.3 is 0 Å². The molecule has 4 rings (SSSR count). The molecule has 0 bridgehead atoms. The number of nitrogens with one attached hydrogen (secondary N) is 2. The predicted octanol–water partition coefficient (Wildman–Crippen LogP) is 3.08. The largest absolute Gasteiger partial charge is 0.489 e. The van der Waals surface area contributed by atoms with Crippen LogP contribution in [0.15, 0.2) is 36.4 Å². The highest BCUT2D eigenvalue weighted by molar-refractivity contribution is 6.06.